The van der Waals surface area contributed by atoms with E-state index in [2.05, 4.69) is 44.5 Å². The number of rotatable bonds is 6. The molecule has 33 heavy (non-hydrogen) atoms. The minimum Gasteiger partial charge on any atom is -0.361 e. The summed E-state index contributed by atoms with van der Waals surface area (Å²) in [5, 5.41) is 4.21. The van der Waals surface area contributed by atoms with Crippen LogP contribution in [0.5, 0.6) is 0 Å². The van der Waals surface area contributed by atoms with Crippen LogP contribution in [0.4, 0.5) is 0 Å². The number of likely N-dealkylation sites (tertiary alicyclic amines) is 1. The molecular formula is C27H29N5O. The Balaban J connectivity index is 1.30. The van der Waals surface area contributed by atoms with Crippen molar-refractivity contribution in [3.8, 4) is 0 Å². The van der Waals surface area contributed by atoms with Crippen molar-refractivity contribution in [1.82, 2.24) is 25.2 Å². The molecule has 1 fully saturated rings. The number of aromatic nitrogens is 3. The van der Waals surface area contributed by atoms with Crippen LogP contribution in [-0.2, 0) is 13.1 Å². The van der Waals surface area contributed by atoms with Gasteiger partial charge in [-0.2, -0.15) is 0 Å². The molecule has 1 aliphatic rings. The van der Waals surface area contributed by atoms with Crippen LogP contribution in [0.1, 0.15) is 58.3 Å². The third kappa shape index (κ3) is 4.81. The summed E-state index contributed by atoms with van der Waals surface area (Å²) in [5.74, 6) is 0.678. The Morgan fingerprint density at radius 3 is 2.85 bits per heavy atom. The molecule has 1 atom stereocenters. The summed E-state index contributed by atoms with van der Waals surface area (Å²) in [6.45, 7) is 4.28. The number of nitrogens with one attached hydrogen (secondary N) is 2. The zero-order valence-electron chi connectivity index (χ0n) is 18.9. The van der Waals surface area contributed by atoms with Gasteiger partial charge in [0.1, 0.15) is 5.82 Å². The maximum Gasteiger partial charge on any atom is 0.254 e. The third-order valence-corrected chi connectivity index (χ3v) is 6.45. The Morgan fingerprint density at radius 2 is 2.00 bits per heavy atom. The summed E-state index contributed by atoms with van der Waals surface area (Å²) in [7, 11) is 0. The predicted molar refractivity (Wildman–Crippen MR) is 130 cm³/mol. The lowest BCUT2D eigenvalue weighted by Crippen LogP contribution is -2.34. The molecule has 2 N–H and O–H groups in total. The van der Waals surface area contributed by atoms with Crippen molar-refractivity contribution in [3.05, 3.63) is 95.2 Å². The average molecular weight is 440 g/mol. The molecular weight excluding hydrogens is 410 g/mol. The monoisotopic (exact) mass is 439 g/mol. The van der Waals surface area contributed by atoms with Crippen LogP contribution in [0.25, 0.3) is 10.9 Å². The molecule has 0 unspecified atom stereocenters. The molecule has 1 saturated heterocycles. The topological polar surface area (TPSA) is 73.9 Å². The fraction of sp³-hybridized carbons (Fsp3) is 0.296. The second-order valence-corrected chi connectivity index (χ2v) is 8.78. The zero-order chi connectivity index (χ0) is 22.6. The number of amides is 1. The Labute approximate surface area is 194 Å². The maximum absolute atomic E-state index is 12.7. The van der Waals surface area contributed by atoms with Crippen LogP contribution in [-0.4, -0.2) is 32.3 Å². The number of H-pyrrole nitrogens is 1. The van der Waals surface area contributed by atoms with E-state index in [1.165, 1.54) is 23.8 Å². The van der Waals surface area contributed by atoms with E-state index in [1.807, 2.05) is 43.5 Å². The first-order valence-corrected chi connectivity index (χ1v) is 11.6. The number of carbonyl (C=O) groups excluding carboxylic acids is 1. The van der Waals surface area contributed by atoms with Gasteiger partial charge in [-0.15, -0.1) is 0 Å². The fourth-order valence-electron chi connectivity index (χ4n) is 4.65. The highest BCUT2D eigenvalue weighted by Gasteiger charge is 2.27. The van der Waals surface area contributed by atoms with Gasteiger partial charge in [0, 0.05) is 31.0 Å². The molecule has 2 aromatic carbocycles. The number of hydrogen-bond donors (Lipinski definition) is 2. The highest BCUT2D eigenvalue weighted by atomic mass is 16.1. The fourth-order valence-corrected chi connectivity index (χ4v) is 4.65. The van der Waals surface area contributed by atoms with Crippen LogP contribution in [0.3, 0.4) is 0 Å². The standard InChI is InChI=1S/C27H29N5O/c1-19-23(27(33)30-16-20-7-3-2-4-8-20)17-29-26(31-19)25-9-5-6-14-32(25)18-21-10-11-24-22(15-21)12-13-28-24/h2-4,7-8,10-13,15,17,25,28H,5-6,9,14,16,18H2,1H3,(H,30,33)/t25-/m1/s1. The average Bonchev–Trinajstić information content (AvgIpc) is 3.31. The molecule has 0 spiro atoms. The molecule has 0 bridgehead atoms. The minimum absolute atomic E-state index is 0.136. The van der Waals surface area contributed by atoms with E-state index in [1.54, 1.807) is 6.20 Å². The highest BCUT2D eigenvalue weighted by Crippen LogP contribution is 2.31. The van der Waals surface area contributed by atoms with E-state index in [4.69, 9.17) is 4.98 Å². The summed E-state index contributed by atoms with van der Waals surface area (Å²) in [6.07, 6.45) is 7.05. The van der Waals surface area contributed by atoms with Gasteiger partial charge in [0.25, 0.3) is 5.91 Å². The summed E-state index contributed by atoms with van der Waals surface area (Å²) in [5.41, 5.74) is 4.79. The third-order valence-electron chi connectivity index (χ3n) is 6.45. The van der Waals surface area contributed by atoms with E-state index in [9.17, 15) is 4.79 Å². The van der Waals surface area contributed by atoms with Crippen LogP contribution in [0, 0.1) is 6.92 Å². The molecule has 0 radical (unpaired) electrons. The largest absolute Gasteiger partial charge is 0.361 e. The van der Waals surface area contributed by atoms with Gasteiger partial charge in [0.05, 0.1) is 17.3 Å². The molecule has 6 heteroatoms. The van der Waals surface area contributed by atoms with E-state index < -0.39 is 0 Å². The van der Waals surface area contributed by atoms with E-state index in [0.717, 1.165) is 42.1 Å². The molecule has 1 aliphatic heterocycles. The Hall–Kier alpha value is -3.51. The predicted octanol–water partition coefficient (Wildman–Crippen LogP) is 4.92. The Bertz CT molecular complexity index is 1250. The number of hydrogen-bond acceptors (Lipinski definition) is 4. The molecule has 168 valence electrons. The van der Waals surface area contributed by atoms with E-state index >= 15 is 0 Å². The SMILES string of the molecule is Cc1nc([C@H]2CCCCN2Cc2ccc3[nH]ccc3c2)ncc1C(=O)NCc1ccccc1. The number of piperidine rings is 1. The van der Waals surface area contributed by atoms with Gasteiger partial charge >= 0.3 is 0 Å². The lowest BCUT2D eigenvalue weighted by molar-refractivity contribution is 0.0948. The number of fused-ring (bicyclic) bond motifs is 1. The van der Waals surface area contributed by atoms with Gasteiger partial charge in [0.15, 0.2) is 0 Å². The number of aromatic amines is 1. The quantitative estimate of drug-likeness (QED) is 0.447. The smallest absolute Gasteiger partial charge is 0.254 e. The van der Waals surface area contributed by atoms with Crippen molar-refractivity contribution in [1.29, 1.82) is 0 Å². The minimum atomic E-state index is -0.136. The highest BCUT2D eigenvalue weighted by molar-refractivity contribution is 5.94. The van der Waals surface area contributed by atoms with Crippen LogP contribution < -0.4 is 5.32 Å². The van der Waals surface area contributed by atoms with Crippen LogP contribution >= 0.6 is 0 Å². The number of carbonyl (C=O) groups is 1. The molecule has 3 heterocycles. The van der Waals surface area contributed by atoms with Crippen molar-refractivity contribution in [3.63, 3.8) is 0 Å². The maximum atomic E-state index is 12.7. The first kappa shape index (κ1) is 21.3. The van der Waals surface area contributed by atoms with Gasteiger partial charge in [-0.25, -0.2) is 9.97 Å². The molecule has 6 nitrogen and oxygen atoms in total. The number of nitrogens with zero attached hydrogens (tertiary/aromatic N) is 3. The molecule has 1 amide bonds. The van der Waals surface area contributed by atoms with E-state index in [0.29, 0.717) is 12.1 Å². The molecule has 0 saturated carbocycles. The lowest BCUT2D eigenvalue weighted by atomic mass is 10.00. The zero-order valence-corrected chi connectivity index (χ0v) is 18.9. The second kappa shape index (κ2) is 9.55. The molecule has 0 aliphatic carbocycles. The van der Waals surface area contributed by atoms with Crippen molar-refractivity contribution in [2.75, 3.05) is 6.54 Å². The number of aryl methyl sites for hydroxylation is 1. The first-order valence-electron chi connectivity index (χ1n) is 11.6. The summed E-state index contributed by atoms with van der Waals surface area (Å²) < 4.78 is 0. The molecule has 2 aromatic heterocycles. The van der Waals surface area contributed by atoms with Gasteiger partial charge in [-0.1, -0.05) is 42.8 Å². The van der Waals surface area contributed by atoms with Gasteiger partial charge in [-0.3, -0.25) is 9.69 Å². The molecule has 4 aromatic rings. The van der Waals surface area contributed by atoms with Gasteiger partial charge in [-0.05, 0) is 61.0 Å². The second-order valence-electron chi connectivity index (χ2n) is 8.78. The van der Waals surface area contributed by atoms with E-state index in [-0.39, 0.29) is 11.9 Å². The first-order chi connectivity index (χ1) is 16.2. The summed E-state index contributed by atoms with van der Waals surface area (Å²) in [6, 6.07) is 18.8. The van der Waals surface area contributed by atoms with Gasteiger partial charge in [0.2, 0.25) is 0 Å². The summed E-state index contributed by atoms with van der Waals surface area (Å²) in [4.78, 5) is 27.9. The Morgan fingerprint density at radius 1 is 1.12 bits per heavy atom. The van der Waals surface area contributed by atoms with Crippen molar-refractivity contribution in [2.24, 2.45) is 0 Å². The van der Waals surface area contributed by atoms with Crippen LogP contribution in [0.15, 0.2) is 67.0 Å². The lowest BCUT2D eigenvalue weighted by Gasteiger charge is -2.35. The van der Waals surface area contributed by atoms with Crippen molar-refractivity contribution in [2.45, 2.75) is 45.3 Å². The van der Waals surface area contributed by atoms with Crippen molar-refractivity contribution >= 4 is 16.8 Å². The normalized spacial score (nSPS) is 16.7. The summed E-state index contributed by atoms with van der Waals surface area (Å²) >= 11 is 0. The van der Waals surface area contributed by atoms with Crippen LogP contribution in [0.2, 0.25) is 0 Å². The number of benzene rings is 2. The van der Waals surface area contributed by atoms with Gasteiger partial charge < -0.3 is 10.3 Å². The van der Waals surface area contributed by atoms with Crippen molar-refractivity contribution < 1.29 is 4.79 Å². The Kier molecular flexibility index (Phi) is 6.17. The molecule has 5 rings (SSSR count).